The highest BCUT2D eigenvalue weighted by molar-refractivity contribution is 7.11. The van der Waals surface area contributed by atoms with Gasteiger partial charge < -0.3 is 27.9 Å². The van der Waals surface area contributed by atoms with Gasteiger partial charge in [-0.3, -0.25) is 0 Å². The van der Waals surface area contributed by atoms with Crippen LogP contribution in [0.4, 0.5) is 0 Å². The molecule has 3 heterocycles. The molecule has 302 valence electrons. The molecule has 2 aliphatic carbocycles. The van der Waals surface area contributed by atoms with Gasteiger partial charge in [0, 0.05) is 5.02 Å². The molecule has 10 heteroatoms. The number of hydrogen-bond acceptors (Lipinski definition) is 6. The molecule has 9 rings (SSSR count). The van der Waals surface area contributed by atoms with Crippen LogP contribution < -0.4 is 5.46 Å². The Hall–Kier alpha value is -3.40. The Bertz CT molecular complexity index is 2110. The molecule has 0 unspecified atom stereocenters. The number of halogens is 1. The van der Waals surface area contributed by atoms with E-state index in [1.807, 2.05) is 73.6 Å². The summed E-state index contributed by atoms with van der Waals surface area (Å²) in [4.78, 5) is 0. The molecule has 5 aliphatic rings. The van der Waals surface area contributed by atoms with Gasteiger partial charge in [-0.05, 0) is 152 Å². The smallest absolute Gasteiger partial charge is 0.405 e. The van der Waals surface area contributed by atoms with Gasteiger partial charge in [-0.2, -0.15) is 0 Å². The molecule has 0 bridgehead atoms. The van der Waals surface area contributed by atoms with Crippen LogP contribution in [0.15, 0.2) is 109 Å². The van der Waals surface area contributed by atoms with Gasteiger partial charge in [0.1, 0.15) is 0 Å². The average Bonchev–Trinajstić information content (AvgIpc) is 3.93. The third kappa shape index (κ3) is 8.09. The first-order valence-electron chi connectivity index (χ1n) is 20.6. The fourth-order valence-electron chi connectivity index (χ4n) is 7.70. The zero-order valence-electron chi connectivity index (χ0n) is 36.4. The van der Waals surface area contributed by atoms with Crippen molar-refractivity contribution >= 4 is 49.3 Å². The molecule has 0 N–H and O–H groups in total. The number of fused-ring (bicyclic) bond motifs is 2. The van der Waals surface area contributed by atoms with E-state index in [4.69, 9.17) is 39.5 Å². The fourth-order valence-corrected chi connectivity index (χ4v) is 7.96. The topological polar surface area (TPSA) is 55.4 Å². The van der Waals surface area contributed by atoms with Gasteiger partial charge in [0.25, 0.3) is 0 Å². The lowest BCUT2D eigenvalue weighted by Gasteiger charge is -2.32. The van der Waals surface area contributed by atoms with Crippen molar-refractivity contribution in [1.82, 2.24) is 0 Å². The van der Waals surface area contributed by atoms with E-state index in [2.05, 4.69) is 119 Å². The van der Waals surface area contributed by atoms with Crippen LogP contribution in [0.2, 0.25) is 5.02 Å². The van der Waals surface area contributed by atoms with Crippen molar-refractivity contribution in [2.24, 2.45) is 0 Å². The van der Waals surface area contributed by atoms with Crippen molar-refractivity contribution in [3.05, 3.63) is 148 Å². The normalized spacial score (nSPS) is 22.3. The summed E-state index contributed by atoms with van der Waals surface area (Å²) >= 11 is 6.19. The van der Waals surface area contributed by atoms with Gasteiger partial charge in [0.2, 0.25) is 0 Å². The zero-order valence-corrected chi connectivity index (χ0v) is 37.1. The van der Waals surface area contributed by atoms with Crippen LogP contribution >= 0.6 is 11.6 Å². The Morgan fingerprint density at radius 3 is 1.21 bits per heavy atom. The summed E-state index contributed by atoms with van der Waals surface area (Å²) in [6.07, 6.45) is 6.44. The van der Waals surface area contributed by atoms with Crippen LogP contribution in [0, 0.1) is 0 Å². The Kier molecular flexibility index (Phi) is 11.5. The predicted molar refractivity (Wildman–Crippen MR) is 240 cm³/mol. The molecule has 58 heavy (non-hydrogen) atoms. The van der Waals surface area contributed by atoms with E-state index >= 15 is 0 Å². The summed E-state index contributed by atoms with van der Waals surface area (Å²) in [5, 5.41) is 0.875. The average molecular weight is 799 g/mol. The number of benzene rings is 4. The summed E-state index contributed by atoms with van der Waals surface area (Å²) in [6.45, 7) is 24.6. The van der Waals surface area contributed by atoms with E-state index in [1.54, 1.807) is 0 Å². The number of allylic oxidation sites excluding steroid dienone is 2. The highest BCUT2D eigenvalue weighted by atomic mass is 35.5. The first kappa shape index (κ1) is 42.7. The third-order valence-electron chi connectivity index (χ3n) is 13.4. The number of hydrogen-bond donors (Lipinski definition) is 0. The maximum absolute atomic E-state index is 6.27. The van der Waals surface area contributed by atoms with Gasteiger partial charge in [-0.1, -0.05) is 115 Å². The van der Waals surface area contributed by atoms with Crippen LogP contribution in [0.25, 0.3) is 11.1 Å². The lowest BCUT2D eigenvalue weighted by Crippen LogP contribution is -2.41. The molecule has 0 spiro atoms. The maximum atomic E-state index is 6.27. The Morgan fingerprint density at radius 1 is 0.414 bits per heavy atom. The fraction of sp³-hybridized carbons (Fsp3) is 0.417. The molecular formula is C48H58B3ClO6. The molecule has 0 amide bonds. The summed E-state index contributed by atoms with van der Waals surface area (Å²) in [7, 11) is -1.25. The van der Waals surface area contributed by atoms with E-state index in [1.165, 1.54) is 44.5 Å². The van der Waals surface area contributed by atoms with Crippen molar-refractivity contribution in [3.63, 3.8) is 0 Å². The van der Waals surface area contributed by atoms with Crippen molar-refractivity contribution in [1.29, 1.82) is 0 Å². The lowest BCUT2D eigenvalue weighted by atomic mass is 9.49. The van der Waals surface area contributed by atoms with E-state index in [-0.39, 0.29) is 40.7 Å². The number of rotatable bonds is 4. The van der Waals surface area contributed by atoms with Crippen LogP contribution in [-0.4, -0.2) is 54.7 Å². The van der Waals surface area contributed by atoms with Crippen LogP contribution in [0.3, 0.4) is 0 Å². The van der Waals surface area contributed by atoms with Crippen molar-refractivity contribution in [2.75, 3.05) is 0 Å². The van der Waals surface area contributed by atoms with E-state index in [9.17, 15) is 0 Å². The molecule has 3 saturated heterocycles. The molecule has 6 nitrogen and oxygen atoms in total. The van der Waals surface area contributed by atoms with Crippen LogP contribution in [-0.2, 0) is 40.8 Å². The van der Waals surface area contributed by atoms with Gasteiger partial charge in [0.05, 0.1) is 33.6 Å². The molecule has 3 aliphatic heterocycles. The van der Waals surface area contributed by atoms with Gasteiger partial charge in [0.15, 0.2) is 0 Å². The lowest BCUT2D eigenvalue weighted by molar-refractivity contribution is 0.00578. The summed E-state index contributed by atoms with van der Waals surface area (Å²) in [6, 6.07) is 33.6. The van der Waals surface area contributed by atoms with E-state index in [0.717, 1.165) is 23.3 Å². The quantitative estimate of drug-likeness (QED) is 0.192. The van der Waals surface area contributed by atoms with Crippen LogP contribution in [0.1, 0.15) is 116 Å². The third-order valence-corrected chi connectivity index (χ3v) is 13.7. The predicted octanol–water partition coefficient (Wildman–Crippen LogP) is 10.6. The summed E-state index contributed by atoms with van der Waals surface area (Å²) in [5.41, 5.74) is 9.40. The van der Waals surface area contributed by atoms with Crippen molar-refractivity contribution in [2.45, 2.75) is 130 Å². The molecule has 4 aromatic carbocycles. The maximum Gasteiger partial charge on any atom is 0.495 e. The Balaban J connectivity index is 0.000000136. The van der Waals surface area contributed by atoms with E-state index in [0.29, 0.717) is 0 Å². The molecule has 0 aromatic heterocycles. The standard InChI is InChI=1S/C21H23BO2.C15H11Cl.C12H24B2O4/c1-20(2)21(3,4)24-22(23-20)19-12-8-11-17-16(13-14-18(17)19)15-9-6-5-7-10-15;16-15-8-4-7-13-12(9-10-14(13)15)11-5-2-1-3-6-11;1-9(2)10(3,4)16-13(15-9)14-17-11(5,6)12(7,8)18-14/h5-13H,14H2,1-4H3;1-9H,10H2;1-8H3. The first-order chi connectivity index (χ1) is 27.1. The summed E-state index contributed by atoms with van der Waals surface area (Å²) < 4.78 is 36.4. The zero-order chi connectivity index (χ0) is 41.9. The first-order valence-corrected chi connectivity index (χ1v) is 21.0. The molecule has 3 fully saturated rings. The Labute approximate surface area is 353 Å². The second-order valence-corrected chi connectivity index (χ2v) is 19.3. The van der Waals surface area contributed by atoms with Crippen molar-refractivity contribution in [3.8, 4) is 0 Å². The molecule has 0 atom stereocenters. The highest BCUT2D eigenvalue weighted by Gasteiger charge is 2.63. The molecular weight excluding hydrogens is 740 g/mol. The second kappa shape index (κ2) is 15.6. The molecule has 0 radical (unpaired) electrons. The minimum Gasteiger partial charge on any atom is -0.405 e. The summed E-state index contributed by atoms with van der Waals surface area (Å²) in [5.74, 6) is 0. The van der Waals surface area contributed by atoms with E-state index < -0.39 is 14.0 Å². The SMILES string of the molecule is CC1(C)OB(B2OC(C)(C)C(C)(C)O2)OC1(C)C.CC1(C)OB(c2cccc3c2CC=C3c2ccccc2)OC1(C)C.Clc1cccc2c1CC=C2c1ccccc1. The molecule has 4 aromatic rings. The monoisotopic (exact) mass is 798 g/mol. The minimum absolute atomic E-state index is 0.298. The minimum atomic E-state index is -0.476. The highest BCUT2D eigenvalue weighted by Crippen LogP contribution is 2.43. The second-order valence-electron chi connectivity index (χ2n) is 18.9. The van der Waals surface area contributed by atoms with Crippen LogP contribution in [0.5, 0.6) is 0 Å². The van der Waals surface area contributed by atoms with Gasteiger partial charge >= 0.3 is 21.1 Å². The van der Waals surface area contributed by atoms with Gasteiger partial charge in [-0.15, -0.1) is 0 Å². The van der Waals surface area contributed by atoms with Crippen molar-refractivity contribution < 1.29 is 27.9 Å². The molecule has 0 saturated carbocycles. The Morgan fingerprint density at radius 2 is 0.776 bits per heavy atom. The largest absolute Gasteiger partial charge is 0.495 e. The van der Waals surface area contributed by atoms with Gasteiger partial charge in [-0.25, -0.2) is 0 Å².